The van der Waals surface area contributed by atoms with Crippen molar-refractivity contribution in [3.63, 3.8) is 0 Å². The number of likely N-dealkylation sites (tertiary alicyclic amines) is 1. The number of aryl methyl sites for hydroxylation is 1. The first-order valence-corrected chi connectivity index (χ1v) is 13.0. The lowest BCUT2D eigenvalue weighted by Gasteiger charge is -2.28. The second-order valence-corrected chi connectivity index (χ2v) is 10.5. The van der Waals surface area contributed by atoms with E-state index in [0.717, 1.165) is 43.6 Å². The molecule has 1 N–H and O–H groups in total. The standard InChI is InChI=1S/C30H37N3O/c1-5-19(2)17-29(34)33-21(4)12-15-28(33)30-31-18-27(32-30)26-14-13-23(24-10-7-11-25(24)26)22-9-6-8-20(3)16-22/h6,8-9,13-14,16,18-19,21,28H,5,7,10-12,15,17H2,1-4H3,(H,31,32). The van der Waals surface area contributed by atoms with Crippen LogP contribution in [0.5, 0.6) is 0 Å². The summed E-state index contributed by atoms with van der Waals surface area (Å²) in [6.07, 6.45) is 9.09. The maximum Gasteiger partial charge on any atom is 0.223 e. The number of nitrogens with zero attached hydrogens (tertiary/aromatic N) is 2. The molecule has 0 spiro atoms. The van der Waals surface area contributed by atoms with Gasteiger partial charge in [0, 0.05) is 18.0 Å². The van der Waals surface area contributed by atoms with E-state index >= 15 is 0 Å². The van der Waals surface area contributed by atoms with Crippen LogP contribution in [0.3, 0.4) is 0 Å². The van der Waals surface area contributed by atoms with E-state index in [1.54, 1.807) is 0 Å². The third kappa shape index (κ3) is 4.19. The van der Waals surface area contributed by atoms with Crippen LogP contribution in [0.1, 0.15) is 81.4 Å². The van der Waals surface area contributed by atoms with Crippen molar-refractivity contribution in [1.82, 2.24) is 14.9 Å². The van der Waals surface area contributed by atoms with Crippen molar-refractivity contribution in [2.45, 2.75) is 84.7 Å². The molecule has 1 fully saturated rings. The molecule has 4 heteroatoms. The predicted molar refractivity (Wildman–Crippen MR) is 139 cm³/mol. The van der Waals surface area contributed by atoms with Gasteiger partial charge in [0.05, 0.1) is 17.9 Å². The largest absolute Gasteiger partial charge is 0.340 e. The first-order valence-electron chi connectivity index (χ1n) is 13.0. The van der Waals surface area contributed by atoms with Gasteiger partial charge in [-0.2, -0.15) is 0 Å². The van der Waals surface area contributed by atoms with Crippen molar-refractivity contribution in [3.05, 3.63) is 65.1 Å². The topological polar surface area (TPSA) is 49.0 Å². The van der Waals surface area contributed by atoms with Gasteiger partial charge >= 0.3 is 0 Å². The van der Waals surface area contributed by atoms with Crippen molar-refractivity contribution in [1.29, 1.82) is 0 Å². The number of imidazole rings is 1. The van der Waals surface area contributed by atoms with Gasteiger partial charge in [-0.15, -0.1) is 0 Å². The van der Waals surface area contributed by atoms with E-state index in [1.807, 2.05) is 6.20 Å². The van der Waals surface area contributed by atoms with Gasteiger partial charge in [0.15, 0.2) is 0 Å². The maximum absolute atomic E-state index is 13.1. The van der Waals surface area contributed by atoms with Gasteiger partial charge in [-0.25, -0.2) is 4.98 Å². The van der Waals surface area contributed by atoms with E-state index in [4.69, 9.17) is 4.98 Å². The van der Waals surface area contributed by atoms with E-state index in [0.29, 0.717) is 12.3 Å². The van der Waals surface area contributed by atoms with Crippen molar-refractivity contribution in [3.8, 4) is 22.4 Å². The summed E-state index contributed by atoms with van der Waals surface area (Å²) in [6, 6.07) is 13.7. The number of aromatic nitrogens is 2. The van der Waals surface area contributed by atoms with E-state index < -0.39 is 0 Å². The monoisotopic (exact) mass is 455 g/mol. The van der Waals surface area contributed by atoms with Crippen LogP contribution in [0.15, 0.2) is 42.6 Å². The number of benzene rings is 2. The average molecular weight is 456 g/mol. The Hall–Kier alpha value is -2.88. The number of nitrogens with one attached hydrogen (secondary N) is 1. The lowest BCUT2D eigenvalue weighted by molar-refractivity contribution is -0.135. The molecule has 4 nitrogen and oxygen atoms in total. The van der Waals surface area contributed by atoms with Crippen molar-refractivity contribution in [2.75, 3.05) is 0 Å². The first kappa shape index (κ1) is 22.9. The summed E-state index contributed by atoms with van der Waals surface area (Å²) < 4.78 is 0. The smallest absolute Gasteiger partial charge is 0.223 e. The zero-order valence-corrected chi connectivity index (χ0v) is 21.0. The molecule has 0 saturated carbocycles. The normalized spacial score (nSPS) is 20.5. The van der Waals surface area contributed by atoms with Crippen LogP contribution >= 0.6 is 0 Å². The number of hydrogen-bond donors (Lipinski definition) is 1. The molecule has 1 aliphatic heterocycles. The molecule has 1 aromatic heterocycles. The Morgan fingerprint density at radius 1 is 1.15 bits per heavy atom. The Morgan fingerprint density at radius 3 is 2.68 bits per heavy atom. The fourth-order valence-corrected chi connectivity index (χ4v) is 5.90. The van der Waals surface area contributed by atoms with Gasteiger partial charge in [-0.1, -0.05) is 62.2 Å². The molecular formula is C30H37N3O. The third-order valence-electron chi connectivity index (χ3n) is 7.99. The fourth-order valence-electron chi connectivity index (χ4n) is 5.90. The lowest BCUT2D eigenvalue weighted by atomic mass is 9.92. The molecule has 178 valence electrons. The molecular weight excluding hydrogens is 418 g/mol. The number of carbonyl (C=O) groups is 1. The van der Waals surface area contributed by atoms with E-state index in [-0.39, 0.29) is 18.0 Å². The molecule has 3 atom stereocenters. The van der Waals surface area contributed by atoms with Crippen molar-refractivity contribution < 1.29 is 4.79 Å². The van der Waals surface area contributed by atoms with Gasteiger partial charge in [-0.3, -0.25) is 4.79 Å². The minimum atomic E-state index is 0.0555. The van der Waals surface area contributed by atoms with E-state index in [9.17, 15) is 4.79 Å². The molecule has 3 unspecified atom stereocenters. The van der Waals surface area contributed by atoms with Crippen LogP contribution in [-0.2, 0) is 17.6 Å². The minimum absolute atomic E-state index is 0.0555. The Labute approximate surface area is 203 Å². The number of H-pyrrole nitrogens is 1. The number of fused-ring (bicyclic) bond motifs is 1. The van der Waals surface area contributed by atoms with E-state index in [1.165, 1.54) is 39.8 Å². The summed E-state index contributed by atoms with van der Waals surface area (Å²) in [5.41, 5.74) is 9.27. The van der Waals surface area contributed by atoms with Crippen molar-refractivity contribution >= 4 is 5.91 Å². The quantitative estimate of drug-likeness (QED) is 0.434. The number of carbonyl (C=O) groups excluding carboxylic acids is 1. The number of aromatic amines is 1. The average Bonchev–Trinajstić information content (AvgIpc) is 3.57. The van der Waals surface area contributed by atoms with Crippen LogP contribution in [0.4, 0.5) is 0 Å². The summed E-state index contributed by atoms with van der Waals surface area (Å²) in [5, 5.41) is 0. The molecule has 1 amide bonds. The van der Waals surface area contributed by atoms with Crippen LogP contribution in [0.2, 0.25) is 0 Å². The van der Waals surface area contributed by atoms with Gasteiger partial charge in [0.25, 0.3) is 0 Å². The fraction of sp³-hybridized carbons (Fsp3) is 0.467. The predicted octanol–water partition coefficient (Wildman–Crippen LogP) is 7.03. The number of amides is 1. The Bertz CT molecular complexity index is 1190. The minimum Gasteiger partial charge on any atom is -0.340 e. The molecule has 0 bridgehead atoms. The van der Waals surface area contributed by atoms with Gasteiger partial charge in [0.1, 0.15) is 5.82 Å². The maximum atomic E-state index is 13.1. The van der Waals surface area contributed by atoms with Crippen molar-refractivity contribution in [2.24, 2.45) is 5.92 Å². The highest BCUT2D eigenvalue weighted by molar-refractivity contribution is 5.78. The third-order valence-corrected chi connectivity index (χ3v) is 7.99. The lowest BCUT2D eigenvalue weighted by Crippen LogP contribution is -2.36. The van der Waals surface area contributed by atoms with Gasteiger partial charge in [-0.05, 0) is 74.1 Å². The van der Waals surface area contributed by atoms with Gasteiger partial charge < -0.3 is 9.88 Å². The summed E-state index contributed by atoms with van der Waals surface area (Å²) in [5.74, 6) is 1.62. The highest BCUT2D eigenvalue weighted by Gasteiger charge is 2.37. The molecule has 3 aromatic rings. The van der Waals surface area contributed by atoms with Crippen LogP contribution < -0.4 is 0 Å². The summed E-state index contributed by atoms with van der Waals surface area (Å²) >= 11 is 0. The second kappa shape index (κ2) is 9.40. The first-order chi connectivity index (χ1) is 16.5. The molecule has 1 saturated heterocycles. The Kier molecular flexibility index (Phi) is 6.33. The van der Waals surface area contributed by atoms with Crippen LogP contribution in [0.25, 0.3) is 22.4 Å². The molecule has 2 aromatic carbocycles. The summed E-state index contributed by atoms with van der Waals surface area (Å²) in [7, 11) is 0. The molecule has 2 heterocycles. The molecule has 0 radical (unpaired) electrons. The zero-order chi connectivity index (χ0) is 23.8. The second-order valence-electron chi connectivity index (χ2n) is 10.5. The molecule has 34 heavy (non-hydrogen) atoms. The molecule has 5 rings (SSSR count). The molecule has 1 aliphatic carbocycles. The van der Waals surface area contributed by atoms with Crippen LogP contribution in [0, 0.1) is 12.8 Å². The van der Waals surface area contributed by atoms with E-state index in [2.05, 4.69) is 74.0 Å². The van der Waals surface area contributed by atoms with Gasteiger partial charge in [0.2, 0.25) is 5.91 Å². The summed E-state index contributed by atoms with van der Waals surface area (Å²) in [6.45, 7) is 8.66. The summed E-state index contributed by atoms with van der Waals surface area (Å²) in [4.78, 5) is 23.7. The number of rotatable bonds is 6. The van der Waals surface area contributed by atoms with Crippen LogP contribution in [-0.4, -0.2) is 26.8 Å². The number of hydrogen-bond acceptors (Lipinski definition) is 2. The Morgan fingerprint density at radius 2 is 1.91 bits per heavy atom. The Balaban J connectivity index is 1.45. The SMILES string of the molecule is CCC(C)CC(=O)N1C(C)CCC1c1ncc(-c2ccc(-c3cccc(C)c3)c3c2CCC3)[nH]1. The highest BCUT2D eigenvalue weighted by atomic mass is 16.2. The molecule has 2 aliphatic rings. The zero-order valence-electron chi connectivity index (χ0n) is 21.0. The highest BCUT2D eigenvalue weighted by Crippen LogP contribution is 2.40.